The van der Waals surface area contributed by atoms with Crippen molar-refractivity contribution in [2.75, 3.05) is 0 Å². The number of rotatable bonds is 5. The molecule has 5 nitrogen and oxygen atoms in total. The number of aromatic nitrogens is 5. The fourth-order valence-electron chi connectivity index (χ4n) is 2.58. The smallest absolute Gasteiger partial charge is 0.0932 e. The van der Waals surface area contributed by atoms with Crippen LogP contribution in [0.25, 0.3) is 5.13 Å². The molecule has 0 saturated carbocycles. The predicted molar refractivity (Wildman–Crippen MR) is 92.1 cm³/mol. The third-order valence-electron chi connectivity index (χ3n) is 3.75. The first kappa shape index (κ1) is 14.7. The molecule has 0 aliphatic carbocycles. The van der Waals surface area contributed by atoms with Gasteiger partial charge in [-0.15, -0.1) is 0 Å². The number of benzene rings is 2. The van der Waals surface area contributed by atoms with Gasteiger partial charge in [0.1, 0.15) is 5.69 Å². The van der Waals surface area contributed by atoms with Gasteiger partial charge in [0.25, 0.3) is 6.33 Å². The van der Waals surface area contributed by atoms with Crippen molar-refractivity contribution in [1.29, 1.82) is 0 Å². The lowest BCUT2D eigenvalue weighted by molar-refractivity contribution is -0.716. The van der Waals surface area contributed by atoms with Gasteiger partial charge in [0.2, 0.25) is 0 Å². The maximum atomic E-state index is 4.79. The van der Waals surface area contributed by atoms with E-state index in [0.29, 0.717) is 0 Å². The van der Waals surface area contributed by atoms with Crippen LogP contribution in [-0.2, 0) is 12.8 Å². The SMILES string of the molecule is c1ccc(Cc2nc(-[n+]3ncn[nH]3)sc2Cc2ccccc2)cc1. The van der Waals surface area contributed by atoms with Crippen molar-refractivity contribution in [3.63, 3.8) is 0 Å². The molecule has 0 radical (unpaired) electrons. The Hall–Kier alpha value is -2.86. The quantitative estimate of drug-likeness (QED) is 0.571. The molecule has 4 aromatic rings. The second kappa shape index (κ2) is 6.72. The van der Waals surface area contributed by atoms with Crippen molar-refractivity contribution in [2.45, 2.75) is 12.8 Å². The highest BCUT2D eigenvalue weighted by Gasteiger charge is 2.20. The van der Waals surface area contributed by atoms with E-state index in [1.54, 1.807) is 16.1 Å². The van der Waals surface area contributed by atoms with E-state index in [-0.39, 0.29) is 0 Å². The molecule has 0 bridgehead atoms. The number of hydrogen-bond acceptors (Lipinski definition) is 4. The summed E-state index contributed by atoms with van der Waals surface area (Å²) in [6.45, 7) is 0. The third kappa shape index (κ3) is 3.23. The van der Waals surface area contributed by atoms with Crippen LogP contribution >= 0.6 is 11.3 Å². The maximum Gasteiger partial charge on any atom is 0.364 e. The molecule has 0 fully saturated rings. The normalized spacial score (nSPS) is 10.8. The minimum atomic E-state index is 0.810. The highest BCUT2D eigenvalue weighted by atomic mass is 32.1. The van der Waals surface area contributed by atoms with Crippen LogP contribution in [0.1, 0.15) is 21.7 Å². The van der Waals surface area contributed by atoms with E-state index in [4.69, 9.17) is 4.98 Å². The van der Waals surface area contributed by atoms with Gasteiger partial charge in [-0.1, -0.05) is 87.3 Å². The van der Waals surface area contributed by atoms with Gasteiger partial charge in [-0.05, 0) is 21.0 Å². The van der Waals surface area contributed by atoms with Crippen LogP contribution in [0, 0.1) is 0 Å². The molecule has 0 spiro atoms. The first-order chi connectivity index (χ1) is 11.9. The number of H-pyrrole nitrogens is 1. The molecule has 2 aromatic carbocycles. The van der Waals surface area contributed by atoms with Crippen LogP contribution in [-0.4, -0.2) is 20.4 Å². The number of nitrogens with zero attached hydrogens (tertiary/aromatic N) is 4. The van der Waals surface area contributed by atoms with Crippen LogP contribution < -0.4 is 4.80 Å². The van der Waals surface area contributed by atoms with Crippen molar-refractivity contribution in [2.24, 2.45) is 0 Å². The van der Waals surface area contributed by atoms with Crippen molar-refractivity contribution >= 4 is 11.3 Å². The van der Waals surface area contributed by atoms with Crippen molar-refractivity contribution in [3.05, 3.63) is 88.7 Å². The van der Waals surface area contributed by atoms with Crippen LogP contribution in [0.4, 0.5) is 0 Å². The Morgan fingerprint density at radius 2 is 1.54 bits per heavy atom. The van der Waals surface area contributed by atoms with Crippen molar-refractivity contribution < 1.29 is 4.80 Å². The third-order valence-corrected chi connectivity index (χ3v) is 4.82. The molecule has 2 heterocycles. The monoisotopic (exact) mass is 334 g/mol. The summed E-state index contributed by atoms with van der Waals surface area (Å²) < 4.78 is 0. The number of tetrazole rings is 1. The highest BCUT2D eigenvalue weighted by Crippen LogP contribution is 2.24. The first-order valence-electron chi connectivity index (χ1n) is 7.73. The van der Waals surface area contributed by atoms with E-state index in [2.05, 4.69) is 63.9 Å². The minimum absolute atomic E-state index is 0.810. The fraction of sp³-hybridized carbons (Fsp3) is 0.111. The summed E-state index contributed by atoms with van der Waals surface area (Å²) in [5, 5.41) is 11.7. The molecular weight excluding hydrogens is 318 g/mol. The van der Waals surface area contributed by atoms with E-state index < -0.39 is 0 Å². The largest absolute Gasteiger partial charge is 0.364 e. The van der Waals surface area contributed by atoms with Crippen LogP contribution in [0.3, 0.4) is 0 Å². The van der Waals surface area contributed by atoms with Gasteiger partial charge in [-0.25, -0.2) is 0 Å². The summed E-state index contributed by atoms with van der Waals surface area (Å²) in [6, 6.07) is 20.9. The van der Waals surface area contributed by atoms with E-state index in [0.717, 1.165) is 23.7 Å². The number of thiazole rings is 1. The molecule has 118 valence electrons. The van der Waals surface area contributed by atoms with Gasteiger partial charge in [0.05, 0.1) is 4.88 Å². The molecule has 0 aliphatic heterocycles. The Morgan fingerprint density at radius 3 is 2.17 bits per heavy atom. The van der Waals surface area contributed by atoms with Crippen LogP contribution in [0.5, 0.6) is 0 Å². The Kier molecular flexibility index (Phi) is 4.12. The second-order valence-corrected chi connectivity index (χ2v) is 6.52. The highest BCUT2D eigenvalue weighted by molar-refractivity contribution is 7.13. The number of aromatic amines is 1. The lowest BCUT2D eigenvalue weighted by atomic mass is 10.1. The van der Waals surface area contributed by atoms with Gasteiger partial charge in [0, 0.05) is 12.8 Å². The summed E-state index contributed by atoms with van der Waals surface area (Å²) >= 11 is 1.65. The molecule has 1 N–H and O–H groups in total. The van der Waals surface area contributed by atoms with Crippen LogP contribution in [0.2, 0.25) is 0 Å². The molecule has 0 saturated heterocycles. The average molecular weight is 334 g/mol. The molecule has 24 heavy (non-hydrogen) atoms. The van der Waals surface area contributed by atoms with Gasteiger partial charge in [-0.2, -0.15) is 0 Å². The Balaban J connectivity index is 1.69. The first-order valence-corrected chi connectivity index (χ1v) is 8.54. The molecular formula is C18H16N5S+. The summed E-state index contributed by atoms with van der Waals surface area (Å²) in [6.07, 6.45) is 3.17. The molecule has 0 amide bonds. The zero-order valence-corrected chi connectivity index (χ0v) is 13.8. The van der Waals surface area contributed by atoms with Gasteiger partial charge in [-0.3, -0.25) is 0 Å². The zero-order chi connectivity index (χ0) is 16.2. The number of nitrogens with one attached hydrogen (secondary N) is 1. The molecule has 6 heteroatoms. The standard InChI is InChI=1S/C18H15N5S/c1-3-7-14(8-4-1)11-16-17(12-15-9-5-2-6-10-15)24-18(21-16)23-20-13-19-22-23/h1-10,13H,11-12H2/p+1. The molecule has 0 unspecified atom stereocenters. The van der Waals surface area contributed by atoms with E-state index >= 15 is 0 Å². The van der Waals surface area contributed by atoms with Gasteiger partial charge >= 0.3 is 5.13 Å². The molecule has 4 rings (SSSR count). The minimum Gasteiger partial charge on any atom is -0.0932 e. The summed E-state index contributed by atoms with van der Waals surface area (Å²) in [7, 11) is 0. The lowest BCUT2D eigenvalue weighted by Gasteiger charge is -2.01. The Bertz CT molecular complexity index is 842. The van der Waals surface area contributed by atoms with Crippen LogP contribution in [0.15, 0.2) is 67.0 Å². The summed E-state index contributed by atoms with van der Waals surface area (Å²) in [4.78, 5) is 7.65. The Labute approximate surface area is 143 Å². The van der Waals surface area contributed by atoms with Crippen molar-refractivity contribution in [3.8, 4) is 5.13 Å². The summed E-state index contributed by atoms with van der Waals surface area (Å²) in [5.41, 5.74) is 3.63. The lowest BCUT2D eigenvalue weighted by Crippen LogP contribution is -2.35. The molecule has 2 aromatic heterocycles. The van der Waals surface area contributed by atoms with Crippen molar-refractivity contribution in [1.82, 2.24) is 20.4 Å². The predicted octanol–water partition coefficient (Wildman–Crippen LogP) is 2.72. The van der Waals surface area contributed by atoms with E-state index in [1.807, 2.05) is 12.1 Å². The fourth-order valence-corrected chi connectivity index (χ4v) is 3.61. The summed E-state index contributed by atoms with van der Waals surface area (Å²) in [5.74, 6) is 0. The average Bonchev–Trinajstić information content (AvgIpc) is 3.27. The zero-order valence-electron chi connectivity index (χ0n) is 13.0. The van der Waals surface area contributed by atoms with Gasteiger partial charge < -0.3 is 0 Å². The van der Waals surface area contributed by atoms with Gasteiger partial charge in [0.15, 0.2) is 0 Å². The Morgan fingerprint density at radius 1 is 0.875 bits per heavy atom. The van der Waals surface area contributed by atoms with E-state index in [1.165, 1.54) is 22.3 Å². The second-order valence-electron chi connectivity index (χ2n) is 5.46. The topological polar surface area (TPSA) is 58.3 Å². The number of hydrogen-bond donors (Lipinski definition) is 1. The molecule has 0 atom stereocenters. The molecule has 0 aliphatic rings. The maximum absolute atomic E-state index is 4.79. The van der Waals surface area contributed by atoms with E-state index in [9.17, 15) is 0 Å².